The summed E-state index contributed by atoms with van der Waals surface area (Å²) in [6.07, 6.45) is 4.07. The lowest BCUT2D eigenvalue weighted by Gasteiger charge is -2.27. The summed E-state index contributed by atoms with van der Waals surface area (Å²) in [6.45, 7) is 10.0. The van der Waals surface area contributed by atoms with E-state index in [1.54, 1.807) is 0 Å². The van der Waals surface area contributed by atoms with E-state index in [-0.39, 0.29) is 24.0 Å². The van der Waals surface area contributed by atoms with E-state index in [4.69, 9.17) is 4.74 Å². The molecule has 158 valence electrons. The molecule has 0 saturated carbocycles. The average Bonchev–Trinajstić information content (AvgIpc) is 2.73. The van der Waals surface area contributed by atoms with E-state index in [0.717, 1.165) is 58.4 Å². The summed E-state index contributed by atoms with van der Waals surface area (Å²) in [6, 6.07) is 8.69. The van der Waals surface area contributed by atoms with Gasteiger partial charge in [-0.3, -0.25) is 9.89 Å². The zero-order valence-electron chi connectivity index (χ0n) is 17.2. The Balaban J connectivity index is 0.00000280. The predicted molar refractivity (Wildman–Crippen MR) is 126 cm³/mol. The van der Waals surface area contributed by atoms with Crippen molar-refractivity contribution in [1.82, 2.24) is 20.4 Å². The van der Waals surface area contributed by atoms with Gasteiger partial charge in [-0.15, -0.1) is 24.0 Å². The van der Waals surface area contributed by atoms with E-state index in [0.29, 0.717) is 0 Å². The van der Waals surface area contributed by atoms with Crippen molar-refractivity contribution in [1.29, 1.82) is 0 Å². The summed E-state index contributed by atoms with van der Waals surface area (Å²) in [4.78, 5) is 9.39. The zero-order chi connectivity index (χ0) is 18.7. The molecule has 2 aliphatic rings. The van der Waals surface area contributed by atoms with Crippen molar-refractivity contribution in [2.45, 2.75) is 32.4 Å². The molecule has 0 unspecified atom stereocenters. The van der Waals surface area contributed by atoms with E-state index in [1.807, 2.05) is 7.05 Å². The van der Waals surface area contributed by atoms with Crippen molar-refractivity contribution in [2.75, 3.05) is 59.5 Å². The zero-order valence-corrected chi connectivity index (χ0v) is 19.5. The number of nitrogens with one attached hydrogen (secondary N) is 2. The molecule has 0 atom stereocenters. The first kappa shape index (κ1) is 23.4. The summed E-state index contributed by atoms with van der Waals surface area (Å²) in [5.74, 6) is 0.883. The van der Waals surface area contributed by atoms with Gasteiger partial charge in [0.15, 0.2) is 5.96 Å². The maximum Gasteiger partial charge on any atom is 0.191 e. The Morgan fingerprint density at radius 1 is 0.964 bits per heavy atom. The number of hydrogen-bond acceptors (Lipinski definition) is 4. The number of piperidine rings is 1. The van der Waals surface area contributed by atoms with Gasteiger partial charge in [0.1, 0.15) is 0 Å². The van der Waals surface area contributed by atoms with Gasteiger partial charge in [-0.1, -0.05) is 30.7 Å². The van der Waals surface area contributed by atoms with Gasteiger partial charge in [-0.25, -0.2) is 0 Å². The number of halogens is 1. The Bertz CT molecular complexity index is 586. The highest BCUT2D eigenvalue weighted by molar-refractivity contribution is 14.0. The van der Waals surface area contributed by atoms with Gasteiger partial charge in [0.05, 0.1) is 13.2 Å². The molecule has 0 bridgehead atoms. The normalized spacial score (nSPS) is 19.1. The molecule has 2 fully saturated rings. The molecular formula is C21H36IN5O. The topological polar surface area (TPSA) is 52.1 Å². The monoisotopic (exact) mass is 501 g/mol. The number of rotatable bonds is 7. The lowest BCUT2D eigenvalue weighted by atomic mass is 10.1. The molecule has 1 aromatic rings. The number of likely N-dealkylation sites (tertiary alicyclic amines) is 1. The average molecular weight is 501 g/mol. The molecule has 1 aromatic carbocycles. The molecule has 6 nitrogen and oxygen atoms in total. The van der Waals surface area contributed by atoms with E-state index >= 15 is 0 Å². The molecule has 0 radical (unpaired) electrons. The molecule has 0 aromatic heterocycles. The maximum atomic E-state index is 5.46. The molecule has 2 N–H and O–H groups in total. The van der Waals surface area contributed by atoms with Crippen molar-refractivity contribution >= 4 is 29.9 Å². The fourth-order valence-electron chi connectivity index (χ4n) is 3.80. The van der Waals surface area contributed by atoms with Gasteiger partial charge in [0.2, 0.25) is 0 Å². The van der Waals surface area contributed by atoms with E-state index in [1.165, 1.54) is 43.5 Å². The lowest BCUT2D eigenvalue weighted by Crippen LogP contribution is -2.42. The van der Waals surface area contributed by atoms with Crippen LogP contribution in [0.25, 0.3) is 0 Å². The highest BCUT2D eigenvalue weighted by atomic mass is 127. The molecule has 0 spiro atoms. The summed E-state index contributed by atoms with van der Waals surface area (Å²) >= 11 is 0. The molecule has 2 heterocycles. The molecule has 2 aliphatic heterocycles. The van der Waals surface area contributed by atoms with Gasteiger partial charge in [-0.2, -0.15) is 0 Å². The van der Waals surface area contributed by atoms with Crippen LogP contribution in [0.4, 0.5) is 0 Å². The van der Waals surface area contributed by atoms with Gasteiger partial charge >= 0.3 is 0 Å². The second-order valence-electron chi connectivity index (χ2n) is 7.41. The summed E-state index contributed by atoms with van der Waals surface area (Å²) in [7, 11) is 1.84. The fourth-order valence-corrected chi connectivity index (χ4v) is 3.80. The minimum atomic E-state index is 0. The number of aliphatic imine (C=N–C) groups is 1. The third kappa shape index (κ3) is 7.85. The summed E-state index contributed by atoms with van der Waals surface area (Å²) in [5, 5.41) is 6.94. The van der Waals surface area contributed by atoms with Crippen LogP contribution in [0.5, 0.6) is 0 Å². The smallest absolute Gasteiger partial charge is 0.191 e. The molecule has 0 aliphatic carbocycles. The summed E-state index contributed by atoms with van der Waals surface area (Å²) in [5.41, 5.74) is 2.72. The predicted octanol–water partition coefficient (Wildman–Crippen LogP) is 2.29. The minimum Gasteiger partial charge on any atom is -0.379 e. The van der Waals surface area contributed by atoms with Crippen LogP contribution in [0, 0.1) is 0 Å². The van der Waals surface area contributed by atoms with Crippen molar-refractivity contribution in [2.24, 2.45) is 4.99 Å². The van der Waals surface area contributed by atoms with Crippen LogP contribution in [0.3, 0.4) is 0 Å². The molecule has 28 heavy (non-hydrogen) atoms. The Labute approximate surface area is 187 Å². The van der Waals surface area contributed by atoms with E-state index in [2.05, 4.69) is 49.7 Å². The van der Waals surface area contributed by atoms with Gasteiger partial charge in [0, 0.05) is 46.3 Å². The minimum absolute atomic E-state index is 0. The SMILES string of the molecule is CN=C(NCCN1CCCCC1)NCc1ccccc1CN1CCOCC1.I. The number of benzene rings is 1. The highest BCUT2D eigenvalue weighted by Gasteiger charge is 2.13. The Hall–Kier alpha value is -0.900. The summed E-state index contributed by atoms with van der Waals surface area (Å²) < 4.78 is 5.46. The number of ether oxygens (including phenoxy) is 1. The second-order valence-corrected chi connectivity index (χ2v) is 7.41. The van der Waals surface area contributed by atoms with Crippen molar-refractivity contribution in [3.8, 4) is 0 Å². The van der Waals surface area contributed by atoms with E-state index < -0.39 is 0 Å². The number of guanidine groups is 1. The van der Waals surface area contributed by atoms with Crippen LogP contribution in [0.1, 0.15) is 30.4 Å². The largest absolute Gasteiger partial charge is 0.379 e. The second kappa shape index (κ2) is 13.3. The van der Waals surface area contributed by atoms with Crippen LogP contribution >= 0.6 is 24.0 Å². The van der Waals surface area contributed by atoms with Gasteiger partial charge < -0.3 is 20.3 Å². The van der Waals surface area contributed by atoms with Gasteiger partial charge in [0.25, 0.3) is 0 Å². The van der Waals surface area contributed by atoms with Crippen LogP contribution in [0.15, 0.2) is 29.3 Å². The standard InChI is InChI=1S/C21H35N5O.HI/c1-22-21(23-9-12-25-10-5-2-6-11-25)24-17-19-7-3-4-8-20(19)18-26-13-15-27-16-14-26;/h3-4,7-8H,2,5-6,9-18H2,1H3,(H2,22,23,24);1H. The lowest BCUT2D eigenvalue weighted by molar-refractivity contribution is 0.0341. The molecule has 2 saturated heterocycles. The number of nitrogens with zero attached hydrogens (tertiary/aromatic N) is 3. The fraction of sp³-hybridized carbons (Fsp3) is 0.667. The molecule has 0 amide bonds. The molecular weight excluding hydrogens is 465 g/mol. The van der Waals surface area contributed by atoms with Crippen molar-refractivity contribution in [3.63, 3.8) is 0 Å². The van der Waals surface area contributed by atoms with Crippen molar-refractivity contribution in [3.05, 3.63) is 35.4 Å². The maximum absolute atomic E-state index is 5.46. The Morgan fingerprint density at radius 3 is 2.39 bits per heavy atom. The number of hydrogen-bond donors (Lipinski definition) is 2. The van der Waals surface area contributed by atoms with Crippen LogP contribution in [0.2, 0.25) is 0 Å². The number of morpholine rings is 1. The third-order valence-electron chi connectivity index (χ3n) is 5.46. The Morgan fingerprint density at radius 2 is 1.68 bits per heavy atom. The van der Waals surface area contributed by atoms with Crippen molar-refractivity contribution < 1.29 is 4.74 Å². The highest BCUT2D eigenvalue weighted by Crippen LogP contribution is 2.13. The van der Waals surface area contributed by atoms with Crippen LogP contribution in [-0.2, 0) is 17.8 Å². The van der Waals surface area contributed by atoms with Crippen LogP contribution in [-0.4, -0.2) is 75.3 Å². The first-order chi connectivity index (χ1) is 13.3. The van der Waals surface area contributed by atoms with E-state index in [9.17, 15) is 0 Å². The molecule has 7 heteroatoms. The molecule has 3 rings (SSSR count). The first-order valence-corrected chi connectivity index (χ1v) is 10.4. The quantitative estimate of drug-likeness (QED) is 0.341. The van der Waals surface area contributed by atoms with Crippen LogP contribution < -0.4 is 10.6 Å². The third-order valence-corrected chi connectivity index (χ3v) is 5.46. The first-order valence-electron chi connectivity index (χ1n) is 10.4. The Kier molecular flexibility index (Phi) is 11.1. The van der Waals surface area contributed by atoms with Gasteiger partial charge in [-0.05, 0) is 37.1 Å².